The van der Waals surface area contributed by atoms with Crippen LogP contribution in [0.5, 0.6) is 0 Å². The average Bonchev–Trinajstić information content (AvgIpc) is 2.88. The van der Waals surface area contributed by atoms with Gasteiger partial charge >= 0.3 is 0 Å². The third-order valence-electron chi connectivity index (χ3n) is 3.04. The van der Waals surface area contributed by atoms with Gasteiger partial charge in [-0.25, -0.2) is 0 Å². The fourth-order valence-corrected chi connectivity index (χ4v) is 2.16. The van der Waals surface area contributed by atoms with E-state index in [1.807, 2.05) is 0 Å². The first-order valence-electron chi connectivity index (χ1n) is 6.10. The Hall–Kier alpha value is -0.570. The summed E-state index contributed by atoms with van der Waals surface area (Å²) < 4.78 is 5.46. The van der Waals surface area contributed by atoms with Crippen LogP contribution >= 0.6 is 0 Å². The van der Waals surface area contributed by atoms with Gasteiger partial charge in [-0.15, -0.1) is 0 Å². The van der Waals surface area contributed by atoms with Crippen LogP contribution in [0.1, 0.15) is 39.5 Å². The minimum absolute atomic E-state index is 0.135. The van der Waals surface area contributed by atoms with Crippen LogP contribution in [0.25, 0.3) is 0 Å². The van der Waals surface area contributed by atoms with Crippen molar-refractivity contribution in [3.05, 3.63) is 0 Å². The van der Waals surface area contributed by atoms with Crippen molar-refractivity contribution in [1.29, 1.82) is 0 Å². The molecule has 3 heteroatoms. The molecule has 1 aliphatic heterocycles. The van der Waals surface area contributed by atoms with Crippen LogP contribution in [0.3, 0.4) is 0 Å². The topological polar surface area (TPSA) is 29.5 Å². The van der Waals surface area contributed by atoms with Gasteiger partial charge in [0.2, 0.25) is 0 Å². The number of hydrogen-bond acceptors (Lipinski definition) is 2. The van der Waals surface area contributed by atoms with Gasteiger partial charge in [-0.05, 0) is 31.6 Å². The SMILES string of the molecule is CC(C)CN(C(=O)[C@H]1CCCO1)C1CC1. The highest BCUT2D eigenvalue weighted by molar-refractivity contribution is 5.81. The van der Waals surface area contributed by atoms with Gasteiger partial charge in [0, 0.05) is 19.2 Å². The van der Waals surface area contributed by atoms with Crippen LogP contribution in [0.4, 0.5) is 0 Å². The molecule has 1 aliphatic carbocycles. The van der Waals surface area contributed by atoms with Crippen molar-refractivity contribution in [2.75, 3.05) is 13.2 Å². The van der Waals surface area contributed by atoms with E-state index in [-0.39, 0.29) is 12.0 Å². The molecular formula is C12H21NO2. The van der Waals surface area contributed by atoms with E-state index in [1.165, 1.54) is 12.8 Å². The summed E-state index contributed by atoms with van der Waals surface area (Å²) >= 11 is 0. The lowest BCUT2D eigenvalue weighted by Gasteiger charge is -2.26. The van der Waals surface area contributed by atoms with Crippen LogP contribution in [0, 0.1) is 5.92 Å². The van der Waals surface area contributed by atoms with E-state index in [1.54, 1.807) is 0 Å². The standard InChI is InChI=1S/C12H21NO2/c1-9(2)8-13(10-5-6-10)12(14)11-4-3-7-15-11/h9-11H,3-8H2,1-2H3/t11-/m1/s1. The molecule has 1 atom stereocenters. The molecule has 0 aromatic rings. The van der Waals surface area contributed by atoms with Crippen LogP contribution in [0.2, 0.25) is 0 Å². The molecule has 0 aromatic heterocycles. The second kappa shape index (κ2) is 4.52. The average molecular weight is 211 g/mol. The first kappa shape index (κ1) is 10.9. The number of rotatable bonds is 4. The van der Waals surface area contributed by atoms with Crippen LogP contribution in [0.15, 0.2) is 0 Å². The van der Waals surface area contributed by atoms with Crippen molar-refractivity contribution in [2.45, 2.75) is 51.7 Å². The predicted molar refractivity (Wildman–Crippen MR) is 58.5 cm³/mol. The molecule has 0 bridgehead atoms. The van der Waals surface area contributed by atoms with Gasteiger partial charge in [-0.3, -0.25) is 4.79 Å². The molecule has 1 heterocycles. The molecule has 2 aliphatic rings. The highest BCUT2D eigenvalue weighted by atomic mass is 16.5. The molecule has 15 heavy (non-hydrogen) atoms. The van der Waals surface area contributed by atoms with Crippen molar-refractivity contribution in [3.63, 3.8) is 0 Å². The number of nitrogens with zero attached hydrogens (tertiary/aromatic N) is 1. The Bertz CT molecular complexity index is 230. The van der Waals surface area contributed by atoms with Crippen LogP contribution in [-0.2, 0) is 9.53 Å². The van der Waals surface area contributed by atoms with Gasteiger partial charge in [-0.1, -0.05) is 13.8 Å². The number of carbonyl (C=O) groups excluding carboxylic acids is 1. The van der Waals surface area contributed by atoms with Gasteiger partial charge in [0.05, 0.1) is 0 Å². The third-order valence-corrected chi connectivity index (χ3v) is 3.04. The van der Waals surface area contributed by atoms with Gasteiger partial charge in [0.1, 0.15) is 6.10 Å². The Morgan fingerprint density at radius 2 is 2.13 bits per heavy atom. The monoisotopic (exact) mass is 211 g/mol. The lowest BCUT2D eigenvalue weighted by molar-refractivity contribution is -0.142. The minimum Gasteiger partial charge on any atom is -0.368 e. The summed E-state index contributed by atoms with van der Waals surface area (Å²) in [6.45, 7) is 5.98. The quantitative estimate of drug-likeness (QED) is 0.710. The molecule has 0 spiro atoms. The fourth-order valence-electron chi connectivity index (χ4n) is 2.16. The van der Waals surface area contributed by atoms with Crippen molar-refractivity contribution >= 4 is 5.91 Å². The first-order chi connectivity index (χ1) is 7.18. The largest absolute Gasteiger partial charge is 0.368 e. The van der Waals surface area contributed by atoms with Crippen molar-refractivity contribution in [3.8, 4) is 0 Å². The van der Waals surface area contributed by atoms with Gasteiger partial charge in [0.25, 0.3) is 5.91 Å². The molecule has 3 nitrogen and oxygen atoms in total. The van der Waals surface area contributed by atoms with Crippen molar-refractivity contribution in [2.24, 2.45) is 5.92 Å². The van der Waals surface area contributed by atoms with E-state index < -0.39 is 0 Å². The van der Waals surface area contributed by atoms with E-state index in [2.05, 4.69) is 18.7 Å². The summed E-state index contributed by atoms with van der Waals surface area (Å²) in [6.07, 6.45) is 4.19. The molecule has 0 N–H and O–H groups in total. The number of hydrogen-bond donors (Lipinski definition) is 0. The maximum atomic E-state index is 12.2. The predicted octanol–water partition coefficient (Wildman–Crippen LogP) is 1.81. The van der Waals surface area contributed by atoms with Crippen LogP contribution < -0.4 is 0 Å². The summed E-state index contributed by atoms with van der Waals surface area (Å²) in [7, 11) is 0. The summed E-state index contributed by atoms with van der Waals surface area (Å²) in [5.41, 5.74) is 0. The zero-order chi connectivity index (χ0) is 10.8. The molecule has 1 amide bonds. The zero-order valence-electron chi connectivity index (χ0n) is 9.74. The maximum Gasteiger partial charge on any atom is 0.251 e. The number of amides is 1. The third kappa shape index (κ3) is 2.71. The summed E-state index contributed by atoms with van der Waals surface area (Å²) in [5, 5.41) is 0. The highest BCUT2D eigenvalue weighted by Gasteiger charge is 2.37. The molecule has 1 saturated heterocycles. The Morgan fingerprint density at radius 1 is 1.40 bits per heavy atom. The van der Waals surface area contributed by atoms with E-state index >= 15 is 0 Å². The Labute approximate surface area is 91.8 Å². The van der Waals surface area contributed by atoms with E-state index in [4.69, 9.17) is 4.74 Å². The fraction of sp³-hybridized carbons (Fsp3) is 0.917. The molecule has 1 saturated carbocycles. The second-order valence-electron chi connectivity index (χ2n) is 5.12. The van der Waals surface area contributed by atoms with E-state index in [0.29, 0.717) is 12.0 Å². The summed E-state index contributed by atoms with van der Waals surface area (Å²) in [5.74, 6) is 0.791. The highest BCUT2D eigenvalue weighted by Crippen LogP contribution is 2.29. The zero-order valence-corrected chi connectivity index (χ0v) is 9.74. The lowest BCUT2D eigenvalue weighted by atomic mass is 10.1. The first-order valence-corrected chi connectivity index (χ1v) is 6.10. The summed E-state index contributed by atoms with van der Waals surface area (Å²) in [6, 6.07) is 0.518. The van der Waals surface area contributed by atoms with E-state index in [0.717, 1.165) is 26.0 Å². The molecule has 86 valence electrons. The Kier molecular flexibility index (Phi) is 3.29. The molecule has 0 unspecified atom stereocenters. The Balaban J connectivity index is 1.93. The second-order valence-corrected chi connectivity index (χ2v) is 5.12. The summed E-state index contributed by atoms with van der Waals surface area (Å²) in [4.78, 5) is 14.2. The number of ether oxygens (including phenoxy) is 1. The smallest absolute Gasteiger partial charge is 0.251 e. The van der Waals surface area contributed by atoms with Crippen molar-refractivity contribution in [1.82, 2.24) is 4.90 Å². The Morgan fingerprint density at radius 3 is 2.60 bits per heavy atom. The van der Waals surface area contributed by atoms with Gasteiger partial charge in [0.15, 0.2) is 0 Å². The molecule has 0 radical (unpaired) electrons. The lowest BCUT2D eigenvalue weighted by Crippen LogP contribution is -2.42. The minimum atomic E-state index is -0.135. The maximum absolute atomic E-state index is 12.2. The van der Waals surface area contributed by atoms with E-state index in [9.17, 15) is 4.79 Å². The molecular weight excluding hydrogens is 190 g/mol. The number of carbonyl (C=O) groups is 1. The van der Waals surface area contributed by atoms with Gasteiger partial charge < -0.3 is 9.64 Å². The molecule has 0 aromatic carbocycles. The molecule has 2 fully saturated rings. The van der Waals surface area contributed by atoms with Crippen molar-refractivity contribution < 1.29 is 9.53 Å². The molecule has 2 rings (SSSR count). The van der Waals surface area contributed by atoms with Crippen LogP contribution in [-0.4, -0.2) is 36.1 Å². The van der Waals surface area contributed by atoms with Gasteiger partial charge in [-0.2, -0.15) is 0 Å². The normalized spacial score (nSPS) is 25.9.